The summed E-state index contributed by atoms with van der Waals surface area (Å²) < 4.78 is 5.97. The van der Waals surface area contributed by atoms with E-state index in [0.717, 1.165) is 25.6 Å². The van der Waals surface area contributed by atoms with Gasteiger partial charge in [0, 0.05) is 25.7 Å². The van der Waals surface area contributed by atoms with Crippen molar-refractivity contribution in [2.24, 2.45) is 11.7 Å². The van der Waals surface area contributed by atoms with Crippen LogP contribution in [-0.2, 0) is 4.74 Å². The molecule has 0 saturated carbocycles. The summed E-state index contributed by atoms with van der Waals surface area (Å²) in [6.07, 6.45) is 1.65. The van der Waals surface area contributed by atoms with E-state index in [4.69, 9.17) is 10.5 Å². The van der Waals surface area contributed by atoms with Crippen molar-refractivity contribution in [3.8, 4) is 0 Å². The third kappa shape index (κ3) is 3.37. The second-order valence-electron chi connectivity index (χ2n) is 6.04. The first kappa shape index (κ1) is 13.7. The zero-order valence-electron chi connectivity index (χ0n) is 11.3. The van der Waals surface area contributed by atoms with Gasteiger partial charge in [0.25, 0.3) is 0 Å². The van der Waals surface area contributed by atoms with E-state index in [1.165, 1.54) is 17.9 Å². The highest BCUT2D eigenvalue weighted by Crippen LogP contribution is 2.31. The van der Waals surface area contributed by atoms with Crippen molar-refractivity contribution in [3.05, 3.63) is 0 Å². The maximum absolute atomic E-state index is 6.03. The van der Waals surface area contributed by atoms with Crippen molar-refractivity contribution in [1.82, 2.24) is 4.90 Å². The number of thioether (sulfide) groups is 1. The van der Waals surface area contributed by atoms with Gasteiger partial charge in [0.05, 0.1) is 11.7 Å². The molecule has 3 unspecified atom stereocenters. The molecule has 0 amide bonds. The molecule has 2 rings (SSSR count). The van der Waals surface area contributed by atoms with E-state index in [-0.39, 0.29) is 5.60 Å². The van der Waals surface area contributed by atoms with Crippen molar-refractivity contribution in [3.63, 3.8) is 0 Å². The Morgan fingerprint density at radius 3 is 2.82 bits per heavy atom. The summed E-state index contributed by atoms with van der Waals surface area (Å²) in [7, 11) is 0. The van der Waals surface area contributed by atoms with Crippen LogP contribution >= 0.6 is 11.8 Å². The molecule has 0 radical (unpaired) electrons. The monoisotopic (exact) mass is 258 g/mol. The molecule has 17 heavy (non-hydrogen) atoms. The minimum atomic E-state index is -0.0309. The van der Waals surface area contributed by atoms with Crippen molar-refractivity contribution >= 4 is 11.8 Å². The third-order valence-electron chi connectivity index (χ3n) is 3.82. The van der Waals surface area contributed by atoms with Gasteiger partial charge in [-0.3, -0.25) is 4.90 Å². The van der Waals surface area contributed by atoms with Gasteiger partial charge in [-0.05, 0) is 44.6 Å². The average Bonchev–Trinajstić information content (AvgIpc) is 2.68. The molecule has 2 N–H and O–H groups in total. The minimum Gasteiger partial charge on any atom is -0.370 e. The van der Waals surface area contributed by atoms with Crippen LogP contribution in [0.5, 0.6) is 0 Å². The first-order chi connectivity index (χ1) is 8.02. The van der Waals surface area contributed by atoms with Crippen LogP contribution in [0.1, 0.15) is 27.2 Å². The fraction of sp³-hybridized carbons (Fsp3) is 1.00. The second kappa shape index (κ2) is 5.47. The number of morpholine rings is 1. The molecule has 2 saturated heterocycles. The number of nitrogens with two attached hydrogens (primary N) is 1. The molecular weight excluding hydrogens is 232 g/mol. The molecular formula is C13H26N2OS. The largest absolute Gasteiger partial charge is 0.370 e. The molecule has 0 bridgehead atoms. The SMILES string of the molecule is CC1CN(C(CN)C2CCSC2)CC(C)(C)O1. The van der Waals surface area contributed by atoms with Crippen LogP contribution in [0.4, 0.5) is 0 Å². The smallest absolute Gasteiger partial charge is 0.0757 e. The summed E-state index contributed by atoms with van der Waals surface area (Å²) >= 11 is 2.08. The highest BCUT2D eigenvalue weighted by molar-refractivity contribution is 7.99. The van der Waals surface area contributed by atoms with Crippen LogP contribution in [0, 0.1) is 5.92 Å². The Balaban J connectivity index is 2.02. The first-order valence-corrected chi connectivity index (χ1v) is 7.87. The van der Waals surface area contributed by atoms with Crippen LogP contribution in [-0.4, -0.2) is 53.8 Å². The Bertz CT molecular complexity index is 254. The summed E-state index contributed by atoms with van der Waals surface area (Å²) in [5.74, 6) is 3.38. The molecule has 2 aliphatic rings. The molecule has 0 aromatic rings. The van der Waals surface area contributed by atoms with E-state index in [1.54, 1.807) is 0 Å². The predicted octanol–water partition coefficient (Wildman–Crippen LogP) is 1.57. The quantitative estimate of drug-likeness (QED) is 0.834. The van der Waals surface area contributed by atoms with E-state index in [9.17, 15) is 0 Å². The summed E-state index contributed by atoms with van der Waals surface area (Å²) in [5, 5.41) is 0. The highest BCUT2D eigenvalue weighted by atomic mass is 32.2. The normalized spacial score (nSPS) is 36.0. The van der Waals surface area contributed by atoms with E-state index < -0.39 is 0 Å². The molecule has 2 fully saturated rings. The lowest BCUT2D eigenvalue weighted by Crippen LogP contribution is -2.58. The Kier molecular flexibility index (Phi) is 4.40. The lowest BCUT2D eigenvalue weighted by atomic mass is 9.94. The molecule has 100 valence electrons. The van der Waals surface area contributed by atoms with Gasteiger partial charge in [0.2, 0.25) is 0 Å². The summed E-state index contributed by atoms with van der Waals surface area (Å²) in [4.78, 5) is 2.57. The topological polar surface area (TPSA) is 38.5 Å². The van der Waals surface area contributed by atoms with Crippen LogP contribution in [0.3, 0.4) is 0 Å². The Morgan fingerprint density at radius 1 is 1.53 bits per heavy atom. The van der Waals surface area contributed by atoms with Gasteiger partial charge < -0.3 is 10.5 Å². The number of hydrogen-bond donors (Lipinski definition) is 1. The second-order valence-corrected chi connectivity index (χ2v) is 7.19. The molecule has 3 nitrogen and oxygen atoms in total. The fourth-order valence-corrected chi connectivity index (χ4v) is 4.58. The van der Waals surface area contributed by atoms with Crippen molar-refractivity contribution in [2.45, 2.75) is 44.9 Å². The van der Waals surface area contributed by atoms with Crippen LogP contribution in [0.15, 0.2) is 0 Å². The zero-order chi connectivity index (χ0) is 12.5. The van der Waals surface area contributed by atoms with Crippen molar-refractivity contribution < 1.29 is 4.74 Å². The number of hydrogen-bond acceptors (Lipinski definition) is 4. The molecule has 4 heteroatoms. The zero-order valence-corrected chi connectivity index (χ0v) is 12.1. The van der Waals surface area contributed by atoms with E-state index in [0.29, 0.717) is 12.1 Å². The molecule has 3 atom stereocenters. The Labute approximate surface area is 109 Å². The van der Waals surface area contributed by atoms with Gasteiger partial charge in [-0.25, -0.2) is 0 Å². The maximum Gasteiger partial charge on any atom is 0.0757 e. The third-order valence-corrected chi connectivity index (χ3v) is 5.00. The van der Waals surface area contributed by atoms with Gasteiger partial charge in [-0.2, -0.15) is 11.8 Å². The Hall–Kier alpha value is 0.230. The van der Waals surface area contributed by atoms with Gasteiger partial charge >= 0.3 is 0 Å². The van der Waals surface area contributed by atoms with Crippen LogP contribution in [0.25, 0.3) is 0 Å². The first-order valence-electron chi connectivity index (χ1n) is 6.71. The molecule has 0 spiro atoms. The molecule has 2 aliphatic heterocycles. The lowest BCUT2D eigenvalue weighted by Gasteiger charge is -2.46. The molecule has 0 aromatic heterocycles. The van der Waals surface area contributed by atoms with E-state index >= 15 is 0 Å². The van der Waals surface area contributed by atoms with Gasteiger partial charge in [-0.1, -0.05) is 0 Å². The maximum atomic E-state index is 6.03. The van der Waals surface area contributed by atoms with Crippen molar-refractivity contribution in [2.75, 3.05) is 31.1 Å². The predicted molar refractivity (Wildman–Crippen MR) is 74.5 cm³/mol. The van der Waals surface area contributed by atoms with Crippen LogP contribution in [0.2, 0.25) is 0 Å². The van der Waals surface area contributed by atoms with Gasteiger partial charge in [0.1, 0.15) is 0 Å². The number of nitrogens with zero attached hydrogens (tertiary/aromatic N) is 1. The van der Waals surface area contributed by atoms with Crippen molar-refractivity contribution in [1.29, 1.82) is 0 Å². The summed E-state index contributed by atoms with van der Waals surface area (Å²) in [5.41, 5.74) is 5.99. The number of ether oxygens (including phenoxy) is 1. The van der Waals surface area contributed by atoms with Gasteiger partial charge in [-0.15, -0.1) is 0 Å². The highest BCUT2D eigenvalue weighted by Gasteiger charge is 2.37. The van der Waals surface area contributed by atoms with Crippen LogP contribution < -0.4 is 5.73 Å². The summed E-state index contributed by atoms with van der Waals surface area (Å²) in [6.45, 7) is 9.38. The summed E-state index contributed by atoms with van der Waals surface area (Å²) in [6, 6.07) is 0.552. The molecule has 2 heterocycles. The lowest BCUT2D eigenvalue weighted by molar-refractivity contribution is -0.140. The van der Waals surface area contributed by atoms with E-state index in [2.05, 4.69) is 37.4 Å². The van der Waals surface area contributed by atoms with E-state index in [1.807, 2.05) is 0 Å². The molecule has 0 aromatic carbocycles. The minimum absolute atomic E-state index is 0.0309. The standard InChI is InChI=1S/C13H26N2OS/c1-10-7-15(9-13(2,3)16-10)12(6-14)11-4-5-17-8-11/h10-12H,4-9,14H2,1-3H3. The molecule has 0 aliphatic carbocycles. The van der Waals surface area contributed by atoms with Gasteiger partial charge in [0.15, 0.2) is 0 Å². The average molecular weight is 258 g/mol. The number of rotatable bonds is 3. The fourth-order valence-electron chi connectivity index (χ4n) is 3.25. The Morgan fingerprint density at radius 2 is 2.29 bits per heavy atom.